The highest BCUT2D eigenvalue weighted by atomic mass is 19.1. The van der Waals surface area contributed by atoms with Gasteiger partial charge in [-0.15, -0.1) is 5.10 Å². The van der Waals surface area contributed by atoms with Crippen LogP contribution in [0.3, 0.4) is 0 Å². The molecule has 2 aromatic carbocycles. The minimum Gasteiger partial charge on any atom is -0.319 e. The Kier molecular flexibility index (Phi) is 3.45. The molecule has 6 heteroatoms. The summed E-state index contributed by atoms with van der Waals surface area (Å²) in [5, 5.41) is 7.80. The number of benzene rings is 2. The third-order valence-corrected chi connectivity index (χ3v) is 3.19. The number of hydrogen-bond donors (Lipinski definition) is 1. The third-order valence-electron chi connectivity index (χ3n) is 3.19. The first-order valence-corrected chi connectivity index (χ1v) is 6.33. The third kappa shape index (κ3) is 2.53. The molecule has 4 nitrogen and oxygen atoms in total. The van der Waals surface area contributed by atoms with E-state index in [9.17, 15) is 8.78 Å². The van der Waals surface area contributed by atoms with Crippen LogP contribution in [0, 0.1) is 11.6 Å². The zero-order valence-corrected chi connectivity index (χ0v) is 10.9. The Labute approximate surface area is 119 Å². The molecule has 2 N–H and O–H groups in total. The van der Waals surface area contributed by atoms with Gasteiger partial charge in [-0.2, -0.15) is 0 Å². The van der Waals surface area contributed by atoms with E-state index in [4.69, 9.17) is 5.73 Å². The summed E-state index contributed by atoms with van der Waals surface area (Å²) in [7, 11) is 0. The van der Waals surface area contributed by atoms with Crippen LogP contribution in [0.2, 0.25) is 0 Å². The van der Waals surface area contributed by atoms with E-state index in [0.717, 1.165) is 11.8 Å². The van der Waals surface area contributed by atoms with Gasteiger partial charge in [-0.05, 0) is 18.2 Å². The van der Waals surface area contributed by atoms with Crippen LogP contribution in [0.1, 0.15) is 17.3 Å². The molecule has 3 aromatic rings. The van der Waals surface area contributed by atoms with Gasteiger partial charge in [-0.1, -0.05) is 29.5 Å². The second-order valence-electron chi connectivity index (χ2n) is 4.55. The van der Waals surface area contributed by atoms with E-state index < -0.39 is 17.7 Å². The fraction of sp³-hybridized carbons (Fsp3) is 0.0667. The van der Waals surface area contributed by atoms with Crippen LogP contribution in [-0.4, -0.2) is 15.0 Å². The minimum atomic E-state index is -0.791. The van der Waals surface area contributed by atoms with Crippen LogP contribution in [0.25, 0.3) is 5.69 Å². The lowest BCUT2D eigenvalue weighted by molar-refractivity contribution is 0.562. The summed E-state index contributed by atoms with van der Waals surface area (Å²) < 4.78 is 28.4. The second-order valence-corrected chi connectivity index (χ2v) is 4.55. The summed E-state index contributed by atoms with van der Waals surface area (Å²) in [4.78, 5) is 0. The van der Waals surface area contributed by atoms with Crippen LogP contribution in [0.4, 0.5) is 8.78 Å². The van der Waals surface area contributed by atoms with Crippen molar-refractivity contribution in [1.82, 2.24) is 15.0 Å². The zero-order valence-electron chi connectivity index (χ0n) is 10.9. The molecule has 0 saturated carbocycles. The summed E-state index contributed by atoms with van der Waals surface area (Å²) in [5.41, 5.74) is 7.56. The van der Waals surface area contributed by atoms with Gasteiger partial charge >= 0.3 is 0 Å². The van der Waals surface area contributed by atoms with Gasteiger partial charge in [-0.25, -0.2) is 13.5 Å². The Hall–Kier alpha value is -2.60. The van der Waals surface area contributed by atoms with E-state index in [1.54, 1.807) is 0 Å². The SMILES string of the molecule is NC(c1ccc(F)cc1F)c1cnnn1-c1ccccc1. The molecule has 21 heavy (non-hydrogen) atoms. The highest BCUT2D eigenvalue weighted by molar-refractivity contribution is 5.35. The smallest absolute Gasteiger partial charge is 0.131 e. The Morgan fingerprint density at radius 1 is 1.05 bits per heavy atom. The molecule has 106 valence electrons. The lowest BCUT2D eigenvalue weighted by atomic mass is 10.0. The van der Waals surface area contributed by atoms with Gasteiger partial charge in [-0.3, -0.25) is 0 Å². The summed E-state index contributed by atoms with van der Waals surface area (Å²) in [5.74, 6) is -1.33. The van der Waals surface area contributed by atoms with Crippen LogP contribution in [0.15, 0.2) is 54.7 Å². The van der Waals surface area contributed by atoms with E-state index in [1.165, 1.54) is 23.0 Å². The predicted octanol–water partition coefficient (Wildman–Crippen LogP) is 2.59. The number of nitrogens with two attached hydrogens (primary N) is 1. The molecule has 0 radical (unpaired) electrons. The zero-order chi connectivity index (χ0) is 14.8. The Balaban J connectivity index is 2.03. The van der Waals surface area contributed by atoms with Gasteiger partial charge in [0, 0.05) is 11.6 Å². The number of nitrogens with zero attached hydrogens (tertiary/aromatic N) is 3. The van der Waals surface area contributed by atoms with Gasteiger partial charge in [0.1, 0.15) is 11.6 Å². The maximum atomic E-state index is 13.9. The molecule has 0 amide bonds. The van der Waals surface area contributed by atoms with E-state index >= 15 is 0 Å². The fourth-order valence-electron chi connectivity index (χ4n) is 2.14. The summed E-state index contributed by atoms with van der Waals surface area (Å²) in [6, 6.07) is 11.8. The monoisotopic (exact) mass is 286 g/mol. The van der Waals surface area contributed by atoms with Crippen molar-refractivity contribution in [2.24, 2.45) is 5.73 Å². The number of hydrogen-bond acceptors (Lipinski definition) is 3. The minimum absolute atomic E-state index is 0.191. The van der Waals surface area contributed by atoms with Crippen molar-refractivity contribution in [2.75, 3.05) is 0 Å². The maximum Gasteiger partial charge on any atom is 0.131 e. The summed E-state index contributed by atoms with van der Waals surface area (Å²) in [6.07, 6.45) is 1.47. The first-order valence-electron chi connectivity index (χ1n) is 6.33. The molecule has 0 aliphatic heterocycles. The standard InChI is InChI=1S/C15H12F2N4/c16-10-6-7-12(13(17)8-10)15(18)14-9-19-20-21(14)11-4-2-1-3-5-11/h1-9,15H,18H2. The molecule has 1 atom stereocenters. The van der Waals surface area contributed by atoms with Crippen molar-refractivity contribution in [3.63, 3.8) is 0 Å². The van der Waals surface area contributed by atoms with E-state index in [1.807, 2.05) is 30.3 Å². The Morgan fingerprint density at radius 2 is 1.81 bits per heavy atom. The predicted molar refractivity (Wildman–Crippen MR) is 73.7 cm³/mol. The number of halogens is 2. The topological polar surface area (TPSA) is 56.7 Å². The molecule has 0 spiro atoms. The molecule has 1 heterocycles. The average molecular weight is 286 g/mol. The highest BCUT2D eigenvalue weighted by Gasteiger charge is 2.19. The quantitative estimate of drug-likeness (QED) is 0.805. The first kappa shape index (κ1) is 13.4. The molecule has 0 bridgehead atoms. The maximum absolute atomic E-state index is 13.9. The Bertz CT molecular complexity index is 755. The van der Waals surface area contributed by atoms with Crippen LogP contribution >= 0.6 is 0 Å². The van der Waals surface area contributed by atoms with Gasteiger partial charge in [0.2, 0.25) is 0 Å². The number of rotatable bonds is 3. The van der Waals surface area contributed by atoms with E-state index in [-0.39, 0.29) is 5.56 Å². The van der Waals surface area contributed by atoms with Gasteiger partial charge in [0.05, 0.1) is 23.6 Å². The lowest BCUT2D eigenvalue weighted by Gasteiger charge is -2.14. The lowest BCUT2D eigenvalue weighted by Crippen LogP contribution is -2.18. The molecule has 0 saturated heterocycles. The van der Waals surface area contributed by atoms with Crippen molar-refractivity contribution in [1.29, 1.82) is 0 Å². The van der Waals surface area contributed by atoms with Gasteiger partial charge in [0.25, 0.3) is 0 Å². The van der Waals surface area contributed by atoms with Crippen molar-refractivity contribution < 1.29 is 8.78 Å². The van der Waals surface area contributed by atoms with Gasteiger partial charge < -0.3 is 5.73 Å². The van der Waals surface area contributed by atoms with E-state index in [0.29, 0.717) is 5.69 Å². The molecule has 0 aliphatic rings. The summed E-state index contributed by atoms with van der Waals surface area (Å²) >= 11 is 0. The molecule has 0 aliphatic carbocycles. The van der Waals surface area contributed by atoms with Crippen LogP contribution in [-0.2, 0) is 0 Å². The number of para-hydroxylation sites is 1. The molecular weight excluding hydrogens is 274 g/mol. The number of aromatic nitrogens is 3. The normalized spacial score (nSPS) is 12.3. The molecule has 0 fully saturated rings. The van der Waals surface area contributed by atoms with Crippen LogP contribution < -0.4 is 5.73 Å². The largest absolute Gasteiger partial charge is 0.319 e. The summed E-state index contributed by atoms with van der Waals surface area (Å²) in [6.45, 7) is 0. The fourth-order valence-corrected chi connectivity index (χ4v) is 2.14. The van der Waals surface area contributed by atoms with Crippen molar-refractivity contribution in [3.8, 4) is 5.69 Å². The molecular formula is C15H12F2N4. The molecule has 1 aromatic heterocycles. The van der Waals surface area contributed by atoms with Crippen molar-refractivity contribution >= 4 is 0 Å². The van der Waals surface area contributed by atoms with Gasteiger partial charge in [0.15, 0.2) is 0 Å². The second kappa shape index (κ2) is 5.41. The highest BCUT2D eigenvalue weighted by Crippen LogP contribution is 2.23. The molecule has 3 rings (SSSR count). The van der Waals surface area contributed by atoms with Crippen molar-refractivity contribution in [3.05, 3.63) is 77.6 Å². The molecule has 1 unspecified atom stereocenters. The van der Waals surface area contributed by atoms with E-state index in [2.05, 4.69) is 10.3 Å². The average Bonchev–Trinajstić information content (AvgIpc) is 2.97. The van der Waals surface area contributed by atoms with Crippen molar-refractivity contribution in [2.45, 2.75) is 6.04 Å². The first-order chi connectivity index (χ1) is 10.2. The van der Waals surface area contributed by atoms with Crippen LogP contribution in [0.5, 0.6) is 0 Å². The Morgan fingerprint density at radius 3 is 2.52 bits per heavy atom.